The summed E-state index contributed by atoms with van der Waals surface area (Å²) in [6, 6.07) is -0.824. The number of hydrogen-bond acceptors (Lipinski definition) is 2. The van der Waals surface area contributed by atoms with Crippen molar-refractivity contribution in [2.24, 2.45) is 17.6 Å². The molecule has 17 heavy (non-hydrogen) atoms. The van der Waals surface area contributed by atoms with Crippen molar-refractivity contribution in [3.8, 4) is 0 Å². The maximum atomic E-state index is 11.8. The highest BCUT2D eigenvalue weighted by atomic mass is 19.2. The third-order valence-corrected chi connectivity index (χ3v) is 1.55. The number of amides is 2. The quantitative estimate of drug-likeness (QED) is 0.603. The second-order valence-corrected chi connectivity index (χ2v) is 4.84. The van der Waals surface area contributed by atoms with E-state index in [2.05, 4.69) is 47.3 Å². The zero-order valence-electron chi connectivity index (χ0n) is 12.6. The topological polar surface area (TPSA) is 49.6 Å². The molecule has 0 saturated heterocycles. The van der Waals surface area contributed by atoms with Crippen LogP contribution in [0.25, 0.3) is 0 Å². The summed E-state index contributed by atoms with van der Waals surface area (Å²) < 4.78 is 11.8. The molecule has 0 aromatic heterocycles. The van der Waals surface area contributed by atoms with Crippen LogP contribution in [0.4, 0.5) is 9.28 Å². The summed E-state index contributed by atoms with van der Waals surface area (Å²) in [6.07, 6.45) is 1.31. The van der Waals surface area contributed by atoms with Crippen molar-refractivity contribution in [2.75, 3.05) is 14.1 Å². The Morgan fingerprint density at radius 1 is 1.18 bits per heavy atom. The van der Waals surface area contributed by atoms with Crippen LogP contribution in [0.15, 0.2) is 0 Å². The molecule has 4 nitrogen and oxygen atoms in total. The smallest absolute Gasteiger partial charge is 0.331 e. The minimum atomic E-state index is -0.824. The van der Waals surface area contributed by atoms with Crippen molar-refractivity contribution >= 4 is 6.03 Å². The van der Waals surface area contributed by atoms with E-state index in [9.17, 15) is 9.28 Å². The Morgan fingerprint density at radius 3 is 1.41 bits per heavy atom. The van der Waals surface area contributed by atoms with Gasteiger partial charge in [0.15, 0.2) is 0 Å². The first-order chi connectivity index (χ1) is 7.56. The lowest BCUT2D eigenvalue weighted by Gasteiger charge is -2.15. The third-order valence-electron chi connectivity index (χ3n) is 1.55. The Balaban J connectivity index is -0.000000188. The number of primary amides is 1. The molecule has 106 valence electrons. The van der Waals surface area contributed by atoms with E-state index in [4.69, 9.17) is 0 Å². The molecule has 2 amide bonds. The number of carbonyl (C=O) groups is 1. The van der Waals surface area contributed by atoms with E-state index in [1.807, 2.05) is 0 Å². The van der Waals surface area contributed by atoms with Crippen LogP contribution in [-0.4, -0.2) is 30.4 Å². The molecule has 0 aromatic rings. The average molecular weight is 251 g/mol. The van der Waals surface area contributed by atoms with E-state index in [1.165, 1.54) is 13.5 Å². The minimum absolute atomic E-state index is 0.0995. The van der Waals surface area contributed by atoms with Gasteiger partial charge in [0, 0.05) is 14.1 Å². The fourth-order valence-electron chi connectivity index (χ4n) is 0.136. The highest BCUT2D eigenvalue weighted by Gasteiger charge is 2.06. The predicted molar refractivity (Wildman–Crippen MR) is 71.9 cm³/mol. The van der Waals surface area contributed by atoms with E-state index in [-0.39, 0.29) is 5.23 Å². The van der Waals surface area contributed by atoms with E-state index < -0.39 is 6.03 Å². The number of nitrogens with two attached hydrogens (primary N) is 1. The second-order valence-electron chi connectivity index (χ2n) is 4.84. The molecular weight excluding hydrogens is 221 g/mol. The lowest BCUT2D eigenvalue weighted by Crippen LogP contribution is -2.39. The van der Waals surface area contributed by atoms with Crippen LogP contribution in [0.3, 0.4) is 0 Å². The van der Waals surface area contributed by atoms with Gasteiger partial charge in [-0.1, -0.05) is 53.2 Å². The summed E-state index contributed by atoms with van der Waals surface area (Å²) in [5.74, 6) is 1.72. The molecule has 0 aliphatic rings. The van der Waals surface area contributed by atoms with Crippen molar-refractivity contribution in [2.45, 2.75) is 48.0 Å². The largest absolute Gasteiger partial charge is 0.350 e. The Morgan fingerprint density at radius 2 is 1.41 bits per heavy atom. The molecule has 0 bridgehead atoms. The van der Waals surface area contributed by atoms with Crippen molar-refractivity contribution in [3.63, 3.8) is 0 Å². The molecule has 0 aromatic carbocycles. The molecule has 0 unspecified atom stereocenters. The lowest BCUT2D eigenvalue weighted by atomic mass is 10.2. The summed E-state index contributed by atoms with van der Waals surface area (Å²) in [4.78, 5) is 10.0. The summed E-state index contributed by atoms with van der Waals surface area (Å²) in [6.45, 7) is 13.1. The number of rotatable bonds is 2. The lowest BCUT2D eigenvalue weighted by molar-refractivity contribution is -0.0987. The van der Waals surface area contributed by atoms with Gasteiger partial charge in [-0.15, -0.1) is 4.48 Å². The summed E-state index contributed by atoms with van der Waals surface area (Å²) >= 11 is 0. The Kier molecular flexibility index (Phi) is 16.7. The Hall–Kier alpha value is -0.840. The van der Waals surface area contributed by atoms with Gasteiger partial charge in [-0.25, -0.2) is 9.80 Å². The summed E-state index contributed by atoms with van der Waals surface area (Å²) in [7, 11) is 2.30. The number of carbonyl (C=O) groups excluding carboxylic acids is 1. The van der Waals surface area contributed by atoms with Crippen LogP contribution in [0.1, 0.15) is 48.0 Å². The summed E-state index contributed by atoms with van der Waals surface area (Å²) in [5.41, 5.74) is 4.64. The van der Waals surface area contributed by atoms with Gasteiger partial charge in [0.2, 0.25) is 0 Å². The average Bonchev–Trinajstić information content (AvgIpc) is 2.16. The molecule has 0 saturated carbocycles. The number of hydrogen-bond donors (Lipinski definition) is 1. The molecule has 0 rings (SSSR count). The molecule has 0 aliphatic carbocycles. The highest BCUT2D eigenvalue weighted by Crippen LogP contribution is 1.93. The molecule has 0 fully saturated rings. The van der Waals surface area contributed by atoms with Gasteiger partial charge >= 0.3 is 6.03 Å². The van der Waals surface area contributed by atoms with E-state index in [1.54, 1.807) is 0 Å². The van der Waals surface area contributed by atoms with Gasteiger partial charge in [-0.3, -0.25) is 0 Å². The van der Waals surface area contributed by atoms with Gasteiger partial charge < -0.3 is 5.73 Å². The molecule has 0 radical (unpaired) electrons. The van der Waals surface area contributed by atoms with E-state index >= 15 is 0 Å². The van der Waals surface area contributed by atoms with E-state index in [0.717, 1.165) is 18.9 Å². The zero-order valence-corrected chi connectivity index (χ0v) is 12.6. The molecule has 2 N–H and O–H groups in total. The first-order valence-corrected chi connectivity index (χ1v) is 5.98. The van der Waals surface area contributed by atoms with Crippen LogP contribution in [-0.2, 0) is 0 Å². The normalized spacial score (nSPS) is 9.41. The third kappa shape index (κ3) is 31.3. The molecule has 0 aliphatic heterocycles. The number of nitrogens with zero attached hydrogens (tertiary/aromatic N) is 2. The second kappa shape index (κ2) is 13.2. The van der Waals surface area contributed by atoms with Crippen LogP contribution in [0.2, 0.25) is 0 Å². The van der Waals surface area contributed by atoms with Gasteiger partial charge in [-0.05, 0) is 11.8 Å². The number of halogens is 1. The molecule has 5 heteroatoms. The standard InChI is InChI=1S/C5H12.C4H10.C3H8FN3O/c1-4-5(2)3;1-4(2)3;1-6(3(5)8)7(2)4/h5H,4H2,1-3H3;4H,1-3H3;1-2H3,(H2,5,8). The molecule has 0 spiro atoms. The zero-order chi connectivity index (χ0) is 14.6. The van der Waals surface area contributed by atoms with Crippen LogP contribution < -0.4 is 5.73 Å². The van der Waals surface area contributed by atoms with E-state index in [0.29, 0.717) is 5.01 Å². The van der Waals surface area contributed by atoms with Crippen molar-refractivity contribution in [1.29, 1.82) is 0 Å². The van der Waals surface area contributed by atoms with Crippen molar-refractivity contribution in [3.05, 3.63) is 0 Å². The van der Waals surface area contributed by atoms with Crippen molar-refractivity contribution < 1.29 is 9.28 Å². The fraction of sp³-hybridized carbons (Fsp3) is 0.917. The number of hydrazine groups is 1. The monoisotopic (exact) mass is 251 g/mol. The summed E-state index contributed by atoms with van der Waals surface area (Å²) in [5, 5.41) is 0.738. The first kappa shape index (κ1) is 21.4. The molecule has 0 heterocycles. The fourth-order valence-corrected chi connectivity index (χ4v) is 0.136. The van der Waals surface area contributed by atoms with Crippen LogP contribution >= 0.6 is 0 Å². The van der Waals surface area contributed by atoms with Crippen molar-refractivity contribution in [1.82, 2.24) is 10.2 Å². The minimum Gasteiger partial charge on any atom is -0.350 e. The van der Waals surface area contributed by atoms with Gasteiger partial charge in [-0.2, -0.15) is 0 Å². The first-order valence-electron chi connectivity index (χ1n) is 5.98. The Bertz CT molecular complexity index is 170. The maximum Gasteiger partial charge on any atom is 0.331 e. The highest BCUT2D eigenvalue weighted by molar-refractivity contribution is 5.70. The Labute approximate surface area is 106 Å². The van der Waals surface area contributed by atoms with Crippen LogP contribution in [0.5, 0.6) is 0 Å². The molecule has 0 atom stereocenters. The number of urea groups is 1. The van der Waals surface area contributed by atoms with Gasteiger partial charge in [0.05, 0.1) is 0 Å². The maximum absolute atomic E-state index is 11.8. The molecular formula is C12H30FN3O. The van der Waals surface area contributed by atoms with Gasteiger partial charge in [0.1, 0.15) is 0 Å². The predicted octanol–water partition coefficient (Wildman–Crippen LogP) is 3.44. The SMILES string of the molecule is CC(C)C.CCC(C)C.CN(F)N(C)C(N)=O. The van der Waals surface area contributed by atoms with Gasteiger partial charge in [0.25, 0.3) is 0 Å². The van der Waals surface area contributed by atoms with Crippen LogP contribution in [0, 0.1) is 11.8 Å².